The van der Waals surface area contributed by atoms with E-state index in [4.69, 9.17) is 11.6 Å². The number of pyridine rings is 1. The zero-order chi connectivity index (χ0) is 14.5. The van der Waals surface area contributed by atoms with Crippen molar-refractivity contribution in [3.63, 3.8) is 0 Å². The highest BCUT2D eigenvalue weighted by atomic mass is 35.5. The molecule has 2 rings (SSSR count). The van der Waals surface area contributed by atoms with Gasteiger partial charge < -0.3 is 5.32 Å². The van der Waals surface area contributed by atoms with Crippen LogP contribution < -0.4 is 5.32 Å². The molecule has 1 amide bonds. The third-order valence-electron chi connectivity index (χ3n) is 3.17. The van der Waals surface area contributed by atoms with Crippen LogP contribution in [0, 0.1) is 0 Å². The average molecular weight is 309 g/mol. The van der Waals surface area contributed by atoms with E-state index >= 15 is 0 Å². The molecule has 2 aromatic rings. The number of nitrogens with one attached hydrogen (secondary N) is 1. The number of nitrogens with zero attached hydrogens (tertiary/aromatic N) is 1. The topological polar surface area (TPSA) is 42.0 Å². The molecule has 5 heteroatoms. The van der Waals surface area contributed by atoms with E-state index < -0.39 is 0 Å². The molecule has 1 N–H and O–H groups in total. The molecule has 106 valence electrons. The largest absolute Gasteiger partial charge is 0.351 e. The van der Waals surface area contributed by atoms with Gasteiger partial charge in [-0.05, 0) is 24.1 Å². The molecule has 0 spiro atoms. The molecular formula is C15H17ClN2OS. The Labute approximate surface area is 128 Å². The minimum atomic E-state index is -0.175. The number of carbonyl (C=O) groups excluding carboxylic acids is 1. The van der Waals surface area contributed by atoms with E-state index in [0.717, 1.165) is 17.2 Å². The summed E-state index contributed by atoms with van der Waals surface area (Å²) in [5, 5.41) is 5.57. The number of carbonyl (C=O) groups is 1. The Balaban J connectivity index is 2.10. The molecule has 3 nitrogen and oxygen atoms in total. The maximum atomic E-state index is 12.1. The maximum absolute atomic E-state index is 12.1. The summed E-state index contributed by atoms with van der Waals surface area (Å²) >= 11 is 7.91. The molecule has 1 aromatic carbocycles. The number of hydrogen-bond donors (Lipinski definition) is 1. The van der Waals surface area contributed by atoms with Gasteiger partial charge in [-0.1, -0.05) is 42.8 Å². The first-order chi connectivity index (χ1) is 9.61. The summed E-state index contributed by atoms with van der Waals surface area (Å²) in [4.78, 5) is 16.2. The SMILES string of the molecule is CSC(C)CCNC(=O)c1cc2ccccc2c(Cl)n1. The first kappa shape index (κ1) is 15.1. The van der Waals surface area contributed by atoms with Crippen LogP contribution in [0.15, 0.2) is 30.3 Å². The van der Waals surface area contributed by atoms with Crippen molar-refractivity contribution < 1.29 is 4.79 Å². The van der Waals surface area contributed by atoms with E-state index in [1.165, 1.54) is 0 Å². The Hall–Kier alpha value is -1.26. The Morgan fingerprint density at radius 1 is 1.45 bits per heavy atom. The first-order valence-corrected chi connectivity index (χ1v) is 8.14. The second-order valence-corrected chi connectivity index (χ2v) is 6.24. The highest BCUT2D eigenvalue weighted by Gasteiger charge is 2.11. The van der Waals surface area contributed by atoms with Crippen molar-refractivity contribution in [2.45, 2.75) is 18.6 Å². The van der Waals surface area contributed by atoms with Gasteiger partial charge in [0, 0.05) is 17.2 Å². The van der Waals surface area contributed by atoms with Gasteiger partial charge in [-0.3, -0.25) is 4.79 Å². The van der Waals surface area contributed by atoms with Crippen molar-refractivity contribution in [3.8, 4) is 0 Å². The van der Waals surface area contributed by atoms with Gasteiger partial charge in [0.25, 0.3) is 5.91 Å². The highest BCUT2D eigenvalue weighted by Crippen LogP contribution is 2.22. The summed E-state index contributed by atoms with van der Waals surface area (Å²) in [6, 6.07) is 9.41. The molecule has 0 saturated heterocycles. The van der Waals surface area contributed by atoms with Gasteiger partial charge in [-0.25, -0.2) is 4.98 Å². The number of thioether (sulfide) groups is 1. The van der Waals surface area contributed by atoms with Gasteiger partial charge in [0.2, 0.25) is 0 Å². The lowest BCUT2D eigenvalue weighted by molar-refractivity contribution is 0.0948. The van der Waals surface area contributed by atoms with E-state index in [1.54, 1.807) is 17.8 Å². The summed E-state index contributed by atoms with van der Waals surface area (Å²) < 4.78 is 0. The molecule has 0 fully saturated rings. The fourth-order valence-corrected chi connectivity index (χ4v) is 2.49. The number of halogens is 1. The Bertz CT molecular complexity index is 618. The number of amides is 1. The molecule has 1 unspecified atom stereocenters. The average Bonchev–Trinajstić information content (AvgIpc) is 2.46. The quantitative estimate of drug-likeness (QED) is 0.855. The maximum Gasteiger partial charge on any atom is 0.269 e. The lowest BCUT2D eigenvalue weighted by Gasteiger charge is -2.09. The molecule has 0 radical (unpaired) electrons. The van der Waals surface area contributed by atoms with Crippen LogP contribution in [0.1, 0.15) is 23.8 Å². The van der Waals surface area contributed by atoms with Crippen molar-refractivity contribution in [2.24, 2.45) is 0 Å². The van der Waals surface area contributed by atoms with Crippen LogP contribution >= 0.6 is 23.4 Å². The number of rotatable bonds is 5. The summed E-state index contributed by atoms with van der Waals surface area (Å²) in [5.74, 6) is -0.175. The Morgan fingerprint density at radius 3 is 2.95 bits per heavy atom. The van der Waals surface area contributed by atoms with Crippen LogP contribution in [0.5, 0.6) is 0 Å². The van der Waals surface area contributed by atoms with Gasteiger partial charge in [0.1, 0.15) is 10.8 Å². The standard InChI is InChI=1S/C15H17ClN2OS/c1-10(20-2)7-8-17-15(19)13-9-11-5-3-4-6-12(11)14(16)18-13/h3-6,9-10H,7-8H2,1-2H3,(H,17,19). The van der Waals surface area contributed by atoms with E-state index in [2.05, 4.69) is 23.5 Å². The summed E-state index contributed by atoms with van der Waals surface area (Å²) in [5.41, 5.74) is 0.366. The molecule has 1 heterocycles. The van der Waals surface area contributed by atoms with E-state index in [1.807, 2.05) is 24.3 Å². The molecule has 1 aromatic heterocycles. The molecule has 1 atom stereocenters. The molecule has 0 bridgehead atoms. The third-order valence-corrected chi connectivity index (χ3v) is 4.49. The predicted molar refractivity (Wildman–Crippen MR) is 86.7 cm³/mol. The fourth-order valence-electron chi connectivity index (χ4n) is 1.87. The van der Waals surface area contributed by atoms with Gasteiger partial charge in [0.15, 0.2) is 0 Å². The first-order valence-electron chi connectivity index (χ1n) is 6.48. The molecule has 0 saturated carbocycles. The van der Waals surface area contributed by atoms with Crippen molar-refractivity contribution in [2.75, 3.05) is 12.8 Å². The second kappa shape index (κ2) is 6.95. The van der Waals surface area contributed by atoms with E-state index in [0.29, 0.717) is 22.6 Å². The monoisotopic (exact) mass is 308 g/mol. The van der Waals surface area contributed by atoms with Gasteiger partial charge >= 0.3 is 0 Å². The Morgan fingerprint density at radius 2 is 2.20 bits per heavy atom. The van der Waals surface area contributed by atoms with Gasteiger partial charge in [0.05, 0.1) is 0 Å². The number of aromatic nitrogens is 1. The Kier molecular flexibility index (Phi) is 5.26. The van der Waals surface area contributed by atoms with Crippen LogP contribution in [-0.4, -0.2) is 28.9 Å². The van der Waals surface area contributed by atoms with E-state index in [9.17, 15) is 4.79 Å². The van der Waals surface area contributed by atoms with Crippen molar-refractivity contribution in [1.29, 1.82) is 0 Å². The molecule has 0 aliphatic rings. The van der Waals surface area contributed by atoms with Gasteiger partial charge in [-0.2, -0.15) is 11.8 Å². The third kappa shape index (κ3) is 3.64. The number of benzene rings is 1. The van der Waals surface area contributed by atoms with Crippen LogP contribution in [-0.2, 0) is 0 Å². The minimum absolute atomic E-state index is 0.175. The summed E-state index contributed by atoms with van der Waals surface area (Å²) in [6.45, 7) is 2.79. The zero-order valence-corrected chi connectivity index (χ0v) is 13.1. The number of hydrogen-bond acceptors (Lipinski definition) is 3. The lowest BCUT2D eigenvalue weighted by Crippen LogP contribution is -2.26. The summed E-state index contributed by atoms with van der Waals surface area (Å²) in [7, 11) is 0. The van der Waals surface area contributed by atoms with Crippen LogP contribution in [0.3, 0.4) is 0 Å². The lowest BCUT2D eigenvalue weighted by atomic mass is 10.1. The highest BCUT2D eigenvalue weighted by molar-refractivity contribution is 7.99. The second-order valence-electron chi connectivity index (χ2n) is 4.61. The van der Waals surface area contributed by atoms with E-state index in [-0.39, 0.29) is 5.91 Å². The molecule has 20 heavy (non-hydrogen) atoms. The molecule has 0 aliphatic carbocycles. The van der Waals surface area contributed by atoms with Crippen LogP contribution in [0.4, 0.5) is 0 Å². The normalized spacial score (nSPS) is 12.3. The smallest absolute Gasteiger partial charge is 0.269 e. The summed E-state index contributed by atoms with van der Waals surface area (Å²) in [6.07, 6.45) is 3.01. The minimum Gasteiger partial charge on any atom is -0.351 e. The molecule has 0 aliphatic heterocycles. The van der Waals surface area contributed by atoms with Crippen molar-refractivity contribution in [1.82, 2.24) is 10.3 Å². The van der Waals surface area contributed by atoms with Crippen molar-refractivity contribution >= 4 is 40.0 Å². The molecular weight excluding hydrogens is 292 g/mol. The predicted octanol–water partition coefficient (Wildman–Crippen LogP) is 3.76. The number of fused-ring (bicyclic) bond motifs is 1. The zero-order valence-electron chi connectivity index (χ0n) is 11.5. The van der Waals surface area contributed by atoms with Crippen LogP contribution in [0.2, 0.25) is 5.15 Å². The van der Waals surface area contributed by atoms with Crippen LogP contribution in [0.25, 0.3) is 10.8 Å². The van der Waals surface area contributed by atoms with Gasteiger partial charge in [-0.15, -0.1) is 0 Å². The van der Waals surface area contributed by atoms with Crippen molar-refractivity contribution in [3.05, 3.63) is 41.2 Å². The fraction of sp³-hybridized carbons (Fsp3) is 0.333.